The molecule has 6 nitrogen and oxygen atoms in total. The van der Waals surface area contributed by atoms with Crippen molar-refractivity contribution in [3.8, 4) is 0 Å². The predicted octanol–water partition coefficient (Wildman–Crippen LogP) is 4.92. The van der Waals surface area contributed by atoms with Crippen LogP contribution in [0.4, 0.5) is 0 Å². The van der Waals surface area contributed by atoms with E-state index in [0.29, 0.717) is 17.0 Å². The van der Waals surface area contributed by atoms with E-state index in [1.54, 1.807) is 0 Å². The lowest BCUT2D eigenvalue weighted by Gasteiger charge is -2.35. The summed E-state index contributed by atoms with van der Waals surface area (Å²) in [6, 6.07) is 0.113. The van der Waals surface area contributed by atoms with E-state index < -0.39 is 5.79 Å². The van der Waals surface area contributed by atoms with E-state index in [-0.39, 0.29) is 23.5 Å². The van der Waals surface area contributed by atoms with Crippen molar-refractivity contribution >= 4 is 50.2 Å². The molecular weight excluding hydrogens is 479 g/mol. The molecule has 9 heteroatoms. The molecule has 4 atom stereocenters. The van der Waals surface area contributed by atoms with Crippen molar-refractivity contribution in [2.24, 2.45) is 11.8 Å². The zero-order valence-corrected chi connectivity index (χ0v) is 19.8. The zero-order chi connectivity index (χ0) is 20.5. The number of rotatable bonds is 2. The summed E-state index contributed by atoms with van der Waals surface area (Å²) in [5, 5.41) is 1.30. The average molecular weight is 504 g/mol. The molecule has 3 fully saturated rings. The minimum absolute atomic E-state index is 0.0235. The summed E-state index contributed by atoms with van der Waals surface area (Å²) in [5.74, 6) is 0.528. The van der Waals surface area contributed by atoms with Crippen LogP contribution < -0.4 is 0 Å². The third-order valence-electron chi connectivity index (χ3n) is 6.76. The number of ether oxygens (including phenoxy) is 2. The van der Waals surface area contributed by atoms with Gasteiger partial charge in [-0.1, -0.05) is 11.6 Å². The highest BCUT2D eigenvalue weighted by molar-refractivity contribution is 9.10. The zero-order valence-electron chi connectivity index (χ0n) is 16.7. The largest absolute Gasteiger partial charge is 0.344 e. The van der Waals surface area contributed by atoms with Gasteiger partial charge in [-0.2, -0.15) is 4.98 Å². The Kier molecular flexibility index (Phi) is 5.16. The van der Waals surface area contributed by atoms with Crippen LogP contribution in [0.15, 0.2) is 10.7 Å². The van der Waals surface area contributed by atoms with Crippen LogP contribution in [-0.4, -0.2) is 57.6 Å². The molecule has 158 valence electrons. The van der Waals surface area contributed by atoms with E-state index in [2.05, 4.69) is 42.4 Å². The van der Waals surface area contributed by atoms with E-state index in [9.17, 15) is 0 Å². The first-order valence-corrected chi connectivity index (χ1v) is 11.7. The Morgan fingerprint density at radius 3 is 2.55 bits per heavy atom. The van der Waals surface area contributed by atoms with Crippen molar-refractivity contribution in [3.63, 3.8) is 0 Å². The van der Waals surface area contributed by atoms with Crippen molar-refractivity contribution in [1.29, 1.82) is 0 Å². The van der Waals surface area contributed by atoms with Gasteiger partial charge in [0.1, 0.15) is 16.9 Å². The molecule has 0 unspecified atom stereocenters. The summed E-state index contributed by atoms with van der Waals surface area (Å²) in [7, 11) is 2.20. The minimum Gasteiger partial charge on any atom is -0.344 e. The summed E-state index contributed by atoms with van der Waals surface area (Å²) in [4.78, 5) is 11.0. The molecule has 3 aliphatic rings. The summed E-state index contributed by atoms with van der Waals surface area (Å²) < 4.78 is 15.9. The van der Waals surface area contributed by atoms with Gasteiger partial charge < -0.3 is 18.9 Å². The summed E-state index contributed by atoms with van der Waals surface area (Å²) in [5.41, 5.74) is 0.739. The lowest BCUT2D eigenvalue weighted by atomic mass is 9.82. The van der Waals surface area contributed by atoms with Crippen LogP contribution in [0.1, 0.15) is 39.2 Å². The van der Waals surface area contributed by atoms with Gasteiger partial charge in [0.05, 0.1) is 17.5 Å². The number of hydrogen-bond donors (Lipinski definition) is 0. The second-order valence-corrected chi connectivity index (χ2v) is 10.6. The molecule has 29 heavy (non-hydrogen) atoms. The number of halogens is 3. The molecule has 4 heterocycles. The van der Waals surface area contributed by atoms with Crippen LogP contribution in [-0.2, 0) is 9.47 Å². The van der Waals surface area contributed by atoms with Crippen LogP contribution in [0.5, 0.6) is 0 Å². The third kappa shape index (κ3) is 3.52. The highest BCUT2D eigenvalue weighted by Crippen LogP contribution is 2.52. The van der Waals surface area contributed by atoms with Gasteiger partial charge in [-0.15, -0.1) is 0 Å². The van der Waals surface area contributed by atoms with Gasteiger partial charge in [0, 0.05) is 10.7 Å². The van der Waals surface area contributed by atoms with Crippen molar-refractivity contribution in [1.82, 2.24) is 19.4 Å². The first-order valence-electron chi connectivity index (χ1n) is 10.2. The van der Waals surface area contributed by atoms with E-state index in [1.807, 2.05) is 20.0 Å². The Bertz CT molecular complexity index is 944. The molecule has 1 saturated carbocycles. The molecule has 2 aromatic rings. The molecule has 0 radical (unpaired) electrons. The molecule has 2 aliphatic heterocycles. The van der Waals surface area contributed by atoms with Gasteiger partial charge in [0.15, 0.2) is 5.79 Å². The van der Waals surface area contributed by atoms with Crippen LogP contribution in [0.2, 0.25) is 10.4 Å². The number of aromatic nitrogens is 3. The second kappa shape index (κ2) is 7.31. The van der Waals surface area contributed by atoms with Crippen molar-refractivity contribution < 1.29 is 9.47 Å². The first kappa shape index (κ1) is 20.5. The average Bonchev–Trinajstić information content (AvgIpc) is 3.24. The molecule has 1 aliphatic carbocycles. The van der Waals surface area contributed by atoms with Gasteiger partial charge in [-0.05, 0) is 92.6 Å². The Morgan fingerprint density at radius 1 is 1.14 bits per heavy atom. The maximum absolute atomic E-state index is 6.44. The molecule has 0 aromatic carbocycles. The topological polar surface area (TPSA) is 52.4 Å². The number of piperidine rings is 1. The fourth-order valence-electron chi connectivity index (χ4n) is 5.47. The van der Waals surface area contributed by atoms with Crippen LogP contribution in [0.3, 0.4) is 0 Å². The summed E-state index contributed by atoms with van der Waals surface area (Å²) >= 11 is 16.1. The summed E-state index contributed by atoms with van der Waals surface area (Å²) in [6.07, 6.45) is 5.51. The molecular formula is C20H25BrCl2N4O2. The minimum atomic E-state index is -0.581. The molecule has 2 aromatic heterocycles. The van der Waals surface area contributed by atoms with Gasteiger partial charge in [-0.25, -0.2) is 4.98 Å². The van der Waals surface area contributed by atoms with Crippen molar-refractivity contribution in [2.75, 3.05) is 20.1 Å². The number of nitrogens with zero attached hydrogens (tertiary/aromatic N) is 4. The Balaban J connectivity index is 1.54. The summed E-state index contributed by atoms with van der Waals surface area (Å²) in [6.45, 7) is 6.30. The smallest absolute Gasteiger partial charge is 0.225 e. The number of hydrogen-bond acceptors (Lipinski definition) is 5. The van der Waals surface area contributed by atoms with E-state index >= 15 is 0 Å². The number of likely N-dealkylation sites (tertiary alicyclic amines) is 1. The highest BCUT2D eigenvalue weighted by Gasteiger charge is 2.56. The fourth-order valence-corrected chi connectivity index (χ4v) is 6.65. The molecule has 0 amide bonds. The highest BCUT2D eigenvalue weighted by atomic mass is 79.9. The Morgan fingerprint density at radius 2 is 1.83 bits per heavy atom. The Labute approximate surface area is 189 Å². The second-order valence-electron chi connectivity index (χ2n) is 9.04. The van der Waals surface area contributed by atoms with Crippen molar-refractivity contribution in [3.05, 3.63) is 21.1 Å². The van der Waals surface area contributed by atoms with Gasteiger partial charge >= 0.3 is 0 Å². The van der Waals surface area contributed by atoms with Crippen molar-refractivity contribution in [2.45, 2.75) is 57.1 Å². The quantitative estimate of drug-likeness (QED) is 0.430. The van der Waals surface area contributed by atoms with Crippen LogP contribution in [0, 0.1) is 11.8 Å². The fraction of sp³-hybridized carbons (Fsp3) is 0.700. The van der Waals surface area contributed by atoms with Crippen LogP contribution in [0.25, 0.3) is 11.0 Å². The SMILES string of the molecule is CN1CCC([C@H]2C[C@@H](n3cc(Br)c4c(Cl)nc(Cl)nc43)[C@@H]3OC(C)(C)O[C@@H]32)CC1. The normalized spacial score (nSPS) is 32.9. The molecule has 2 saturated heterocycles. The van der Waals surface area contributed by atoms with E-state index in [4.69, 9.17) is 32.7 Å². The lowest BCUT2D eigenvalue weighted by molar-refractivity contribution is -0.163. The monoisotopic (exact) mass is 502 g/mol. The number of fused-ring (bicyclic) bond motifs is 2. The molecule has 0 spiro atoms. The van der Waals surface area contributed by atoms with Gasteiger partial charge in [-0.3, -0.25) is 0 Å². The lowest BCUT2D eigenvalue weighted by Crippen LogP contribution is -2.37. The van der Waals surface area contributed by atoms with Crippen LogP contribution >= 0.6 is 39.1 Å². The third-order valence-corrected chi connectivity index (χ3v) is 7.80. The first-order chi connectivity index (χ1) is 13.7. The predicted molar refractivity (Wildman–Crippen MR) is 116 cm³/mol. The molecule has 5 rings (SSSR count). The van der Waals surface area contributed by atoms with Gasteiger partial charge in [0.2, 0.25) is 5.28 Å². The maximum Gasteiger partial charge on any atom is 0.225 e. The van der Waals surface area contributed by atoms with E-state index in [1.165, 1.54) is 12.8 Å². The van der Waals surface area contributed by atoms with E-state index in [0.717, 1.165) is 35.0 Å². The maximum atomic E-state index is 6.44. The molecule has 0 bridgehead atoms. The Hall–Kier alpha value is -0.440. The van der Waals surface area contributed by atoms with Gasteiger partial charge in [0.25, 0.3) is 0 Å². The molecule has 0 N–H and O–H groups in total. The standard InChI is InChI=1S/C20H25BrCl2N4O2/c1-20(2)28-15-11(10-4-6-26(3)7-5-10)8-13(16(15)29-20)27-9-12(21)14-17(22)24-19(23)25-18(14)27/h9-11,13,15-16H,4-8H2,1-3H3/t11-,13-,15-,16+/m1/s1.